The molecule has 0 aliphatic rings. The van der Waals surface area contributed by atoms with E-state index in [0.717, 1.165) is 0 Å². The van der Waals surface area contributed by atoms with Gasteiger partial charge in [-0.3, -0.25) is 10.8 Å². The number of hydrogen-bond acceptors (Lipinski definition) is 10. The van der Waals surface area contributed by atoms with E-state index in [2.05, 4.69) is 46.9 Å². The topological polar surface area (TPSA) is 237 Å². The molecular formula is C39H31CuI2N9O5. The van der Waals surface area contributed by atoms with Crippen molar-refractivity contribution in [2.45, 2.75) is 0 Å². The summed E-state index contributed by atoms with van der Waals surface area (Å²) < 4.78 is 21.6. The third-order valence-corrected chi connectivity index (χ3v) is 6.16. The van der Waals surface area contributed by atoms with Gasteiger partial charge in [-0.15, -0.1) is 0 Å². The molecule has 0 aliphatic carbocycles. The number of nitrogens with two attached hydrogens (primary N) is 2. The molecule has 5 aromatic rings. The number of halogens is 2. The molecule has 14 nitrogen and oxygen atoms in total. The number of aromatic hydroxyl groups is 1. The Morgan fingerprint density at radius 1 is 0.571 bits per heavy atom. The molecule has 0 aliphatic heterocycles. The second-order valence-electron chi connectivity index (χ2n) is 9.56. The zero-order valence-electron chi connectivity index (χ0n) is 29.0. The first-order chi connectivity index (χ1) is 26.7. The van der Waals surface area contributed by atoms with Crippen molar-refractivity contribution < 1.29 is 41.1 Å². The van der Waals surface area contributed by atoms with Crippen LogP contribution in [0.5, 0.6) is 28.7 Å². The summed E-state index contributed by atoms with van der Waals surface area (Å²) in [5, 5.41) is 44.5. The van der Waals surface area contributed by atoms with Crippen LogP contribution in [0.15, 0.2) is 121 Å². The summed E-state index contributed by atoms with van der Waals surface area (Å²) in [5.74, 6) is 2.76. The molecule has 56 heavy (non-hydrogen) atoms. The monoisotopic (exact) mass is 1020 g/mol. The molecule has 287 valence electrons. The number of ether oxygens (including phenoxy) is 4. The van der Waals surface area contributed by atoms with Gasteiger partial charge in [0, 0.05) is 48.4 Å². The van der Waals surface area contributed by atoms with Crippen LogP contribution < -0.4 is 30.4 Å². The number of hydrogen-bond donors (Lipinski definition) is 5. The number of phenolic OH excluding ortho intramolecular Hbond substituents is 1. The van der Waals surface area contributed by atoms with E-state index in [1.165, 1.54) is 12.1 Å². The molecule has 0 amide bonds. The Bertz CT molecular complexity index is 1920. The van der Waals surface area contributed by atoms with E-state index in [-0.39, 0.29) is 48.1 Å². The average molecular weight is 1020 g/mol. The van der Waals surface area contributed by atoms with Gasteiger partial charge in [-0.05, 0) is 97.1 Å². The number of nitrogens with one attached hydrogen (secondary N) is 2. The summed E-state index contributed by atoms with van der Waals surface area (Å²) in [4.78, 5) is 6.44. The quantitative estimate of drug-likeness (QED) is 0.0222. The number of phenols is 1. The summed E-state index contributed by atoms with van der Waals surface area (Å²) in [6, 6.07) is 35.5. The molecule has 1 radical (unpaired) electrons. The van der Waals surface area contributed by atoms with Crippen LogP contribution in [-0.4, -0.2) is 30.4 Å². The summed E-state index contributed by atoms with van der Waals surface area (Å²) >= 11 is 4.24. The fraction of sp³-hybridized carbons (Fsp3) is 0.0513. The maximum atomic E-state index is 8.75. The minimum Gasteiger partial charge on any atom is -0.512 e. The van der Waals surface area contributed by atoms with Crippen molar-refractivity contribution >= 4 is 60.3 Å². The molecule has 0 saturated carbocycles. The standard InChI is InChI=1S/C15H16N4O2.C15H10N2O2.C7H5NO.2CN.Cu.I2/c16-14(17)10-1-5-12(6-2-10)20-9-21-13-7-3-11(4-8-13)15(18)19;1-17-13-4-8-15(9-5-13)19-11-18-14-6-2-12(10-16)3-7-14;1-8-6-2-4-7(9)5-3-6;2*1-2;;1-2/h1-8H,9H2,(H3,16,17)(H3,18,19);2-9H,11H2;2-5,9H;;;;/q;;;2*-1;+2;. The zero-order valence-corrected chi connectivity index (χ0v) is 34.2. The van der Waals surface area contributed by atoms with E-state index in [1.807, 2.05) is 6.07 Å². The van der Waals surface area contributed by atoms with E-state index in [4.69, 9.17) is 88.4 Å². The Morgan fingerprint density at radius 2 is 0.839 bits per heavy atom. The molecule has 0 fully saturated rings. The Balaban J connectivity index is 0. The molecule has 5 aromatic carbocycles. The van der Waals surface area contributed by atoms with Crippen LogP contribution in [0.2, 0.25) is 0 Å². The van der Waals surface area contributed by atoms with Crippen LogP contribution in [0.1, 0.15) is 16.7 Å². The minimum absolute atomic E-state index is 0. The molecule has 0 heterocycles. The maximum absolute atomic E-state index is 8.75. The van der Waals surface area contributed by atoms with Gasteiger partial charge in [0.15, 0.2) is 11.4 Å². The minimum atomic E-state index is 0. The Hall–Kier alpha value is -6.53. The van der Waals surface area contributed by atoms with Crippen molar-refractivity contribution in [3.05, 3.63) is 174 Å². The van der Waals surface area contributed by atoms with Crippen LogP contribution in [0.3, 0.4) is 0 Å². The van der Waals surface area contributed by atoms with Crippen LogP contribution in [0.25, 0.3) is 9.69 Å². The molecule has 7 N–H and O–H groups in total. The molecule has 0 aromatic heterocycles. The predicted octanol–water partition coefficient (Wildman–Crippen LogP) is 9.10. The SMILES string of the molecule is II.N=C(N)c1ccc(OCOc2ccc(C(=N)N)cc2)cc1.[C-]#N.[C-]#N.[C-]#[N+]c1ccc(O)cc1.[C-]#[N+]c1ccc(OCOc2ccc(C#N)cc2)cc1.[Cu+2]. The first-order valence-corrected chi connectivity index (χ1v) is 21.1. The van der Waals surface area contributed by atoms with E-state index >= 15 is 0 Å². The van der Waals surface area contributed by atoms with E-state index in [9.17, 15) is 0 Å². The van der Waals surface area contributed by atoms with Crippen LogP contribution in [-0.2, 0) is 17.1 Å². The number of benzene rings is 5. The summed E-state index contributed by atoms with van der Waals surface area (Å²) in [5.41, 5.74) is 13.7. The van der Waals surface area contributed by atoms with Crippen molar-refractivity contribution in [2.75, 3.05) is 13.6 Å². The molecule has 0 spiro atoms. The van der Waals surface area contributed by atoms with Gasteiger partial charge < -0.3 is 59.2 Å². The Kier molecular flexibility index (Phi) is 29.4. The summed E-state index contributed by atoms with van der Waals surface area (Å²) in [6.45, 7) is 23.0. The van der Waals surface area contributed by atoms with E-state index < -0.39 is 0 Å². The summed E-state index contributed by atoms with van der Waals surface area (Å²) in [6.07, 6.45) is 0. The van der Waals surface area contributed by atoms with Gasteiger partial charge in [-0.1, -0.05) is 24.3 Å². The molecular weight excluding hydrogens is 992 g/mol. The van der Waals surface area contributed by atoms with Crippen LogP contribution in [0.4, 0.5) is 11.4 Å². The first kappa shape index (κ1) is 51.6. The second-order valence-corrected chi connectivity index (χ2v) is 9.56. The van der Waals surface area contributed by atoms with Crippen molar-refractivity contribution in [1.29, 1.82) is 26.6 Å². The number of nitriles is 1. The number of amidine groups is 2. The van der Waals surface area contributed by atoms with Gasteiger partial charge in [0.1, 0.15) is 40.4 Å². The third kappa shape index (κ3) is 21.2. The number of rotatable bonds is 10. The Labute approximate surface area is 359 Å². The molecule has 0 bridgehead atoms. The van der Waals surface area contributed by atoms with Gasteiger partial charge in [0.25, 0.3) is 0 Å². The molecule has 0 saturated heterocycles. The van der Waals surface area contributed by atoms with Gasteiger partial charge in [-0.2, -0.15) is 5.26 Å². The molecule has 0 atom stereocenters. The number of nitrogen functional groups attached to an aromatic ring is 2. The van der Waals surface area contributed by atoms with Gasteiger partial charge >= 0.3 is 17.1 Å². The first-order valence-electron chi connectivity index (χ1n) is 14.8. The average Bonchev–Trinajstić information content (AvgIpc) is 3.24. The van der Waals surface area contributed by atoms with Crippen molar-refractivity contribution in [2.24, 2.45) is 11.5 Å². The fourth-order valence-electron chi connectivity index (χ4n) is 3.56. The van der Waals surface area contributed by atoms with Crippen LogP contribution in [0, 0.1) is 59.0 Å². The summed E-state index contributed by atoms with van der Waals surface area (Å²) in [7, 11) is 0. The largest absolute Gasteiger partial charge is 2.00 e. The van der Waals surface area contributed by atoms with Crippen molar-refractivity contribution in [1.82, 2.24) is 0 Å². The van der Waals surface area contributed by atoms with Crippen molar-refractivity contribution in [3.8, 4) is 34.8 Å². The molecule has 0 unspecified atom stereocenters. The Morgan fingerprint density at radius 3 is 1.11 bits per heavy atom. The molecule has 5 rings (SSSR count). The molecule has 17 heteroatoms. The van der Waals surface area contributed by atoms with E-state index in [1.54, 1.807) is 109 Å². The van der Waals surface area contributed by atoms with Gasteiger partial charge in [-0.25, -0.2) is 9.69 Å². The van der Waals surface area contributed by atoms with Crippen molar-refractivity contribution in [3.63, 3.8) is 0 Å². The van der Waals surface area contributed by atoms with Gasteiger partial charge in [0.05, 0.1) is 24.8 Å². The van der Waals surface area contributed by atoms with Crippen LogP contribution >= 0.6 is 37.2 Å². The smallest absolute Gasteiger partial charge is 0.512 e. The fourth-order valence-corrected chi connectivity index (χ4v) is 3.56. The van der Waals surface area contributed by atoms with E-state index in [0.29, 0.717) is 51.1 Å². The maximum Gasteiger partial charge on any atom is 2.00 e. The number of nitrogens with zero attached hydrogens (tertiary/aromatic N) is 5. The zero-order chi connectivity index (χ0) is 41.4. The predicted molar refractivity (Wildman–Crippen MR) is 223 cm³/mol. The second kappa shape index (κ2) is 31.9. The normalized spacial score (nSPS) is 8.34. The van der Waals surface area contributed by atoms with Gasteiger partial charge in [0.2, 0.25) is 13.6 Å². The third-order valence-electron chi connectivity index (χ3n) is 6.16.